The number of rotatable bonds is 5. The van der Waals surface area contributed by atoms with Crippen molar-refractivity contribution < 1.29 is 14.3 Å². The first-order valence-corrected chi connectivity index (χ1v) is 7.66. The molecule has 0 spiro atoms. The maximum Gasteiger partial charge on any atom is 0.271 e. The van der Waals surface area contributed by atoms with Crippen LogP contribution in [0.4, 0.5) is 0 Å². The minimum Gasteiger partial charge on any atom is -0.496 e. The minimum atomic E-state index is -0.271. The lowest BCUT2D eigenvalue weighted by molar-refractivity contribution is 0.0955. The zero-order chi connectivity index (χ0) is 16.8. The number of nitrogens with zero attached hydrogens (tertiary/aromatic N) is 1. The number of benzene rings is 2. The lowest BCUT2D eigenvalue weighted by Gasteiger charge is -2.09. The molecule has 120 valence electrons. The van der Waals surface area contributed by atoms with Gasteiger partial charge in [0.05, 0.1) is 24.9 Å². The first kappa shape index (κ1) is 17.0. The van der Waals surface area contributed by atoms with E-state index in [0.717, 1.165) is 10.0 Å². The minimum absolute atomic E-state index is 0.271. The summed E-state index contributed by atoms with van der Waals surface area (Å²) in [6.07, 6.45) is 1.52. The summed E-state index contributed by atoms with van der Waals surface area (Å²) in [6, 6.07) is 10.8. The predicted molar refractivity (Wildman–Crippen MR) is 93.5 cm³/mol. The summed E-state index contributed by atoms with van der Waals surface area (Å²) >= 11 is 3.41. The molecule has 1 amide bonds. The van der Waals surface area contributed by atoms with E-state index in [2.05, 4.69) is 26.5 Å². The third-order valence-corrected chi connectivity index (χ3v) is 3.81. The molecule has 0 bridgehead atoms. The number of nitrogens with one attached hydrogen (secondary N) is 1. The standard InChI is InChI=1S/C17H17BrN2O3/c1-11-4-6-12(7-5-11)17(21)20-19-10-13-8-14(18)16(23-3)9-15(13)22-2/h4-10H,1-3H3,(H,20,21). The summed E-state index contributed by atoms with van der Waals surface area (Å²) in [5.41, 5.74) is 4.85. The van der Waals surface area contributed by atoms with Crippen molar-refractivity contribution >= 4 is 28.1 Å². The molecule has 2 rings (SSSR count). The van der Waals surface area contributed by atoms with Gasteiger partial charge in [0.15, 0.2) is 0 Å². The molecular weight excluding hydrogens is 360 g/mol. The molecule has 0 heterocycles. The van der Waals surface area contributed by atoms with Gasteiger partial charge in [-0.3, -0.25) is 4.79 Å². The third-order valence-electron chi connectivity index (χ3n) is 3.19. The van der Waals surface area contributed by atoms with E-state index in [-0.39, 0.29) is 5.91 Å². The van der Waals surface area contributed by atoms with Crippen LogP contribution in [0.25, 0.3) is 0 Å². The van der Waals surface area contributed by atoms with Crippen LogP contribution in [0.5, 0.6) is 11.5 Å². The lowest BCUT2D eigenvalue weighted by atomic mass is 10.1. The first-order valence-electron chi connectivity index (χ1n) is 6.86. The molecule has 0 radical (unpaired) electrons. The van der Waals surface area contributed by atoms with Gasteiger partial charge < -0.3 is 9.47 Å². The van der Waals surface area contributed by atoms with Crippen molar-refractivity contribution in [3.05, 3.63) is 57.6 Å². The van der Waals surface area contributed by atoms with Crippen LogP contribution < -0.4 is 14.9 Å². The first-order chi connectivity index (χ1) is 11.0. The molecule has 0 fully saturated rings. The van der Waals surface area contributed by atoms with E-state index in [1.54, 1.807) is 38.5 Å². The molecule has 23 heavy (non-hydrogen) atoms. The molecular formula is C17H17BrN2O3. The summed E-state index contributed by atoms with van der Waals surface area (Å²) in [5.74, 6) is 0.980. The van der Waals surface area contributed by atoms with E-state index < -0.39 is 0 Å². The fourth-order valence-corrected chi connectivity index (χ4v) is 2.44. The number of aryl methyl sites for hydroxylation is 1. The van der Waals surface area contributed by atoms with E-state index in [1.807, 2.05) is 19.1 Å². The van der Waals surface area contributed by atoms with Crippen LogP contribution in [0.2, 0.25) is 0 Å². The molecule has 0 aromatic heterocycles. The molecule has 6 heteroatoms. The summed E-state index contributed by atoms with van der Waals surface area (Å²) in [5, 5.41) is 3.98. The van der Waals surface area contributed by atoms with E-state index >= 15 is 0 Å². The molecule has 0 atom stereocenters. The molecule has 2 aromatic carbocycles. The average molecular weight is 377 g/mol. The molecule has 0 unspecified atom stereocenters. The van der Waals surface area contributed by atoms with Crippen molar-refractivity contribution in [2.75, 3.05) is 14.2 Å². The van der Waals surface area contributed by atoms with Gasteiger partial charge >= 0.3 is 0 Å². The summed E-state index contributed by atoms with van der Waals surface area (Å²) < 4.78 is 11.3. The fourth-order valence-electron chi connectivity index (χ4n) is 1.91. The number of methoxy groups -OCH3 is 2. The monoisotopic (exact) mass is 376 g/mol. The highest BCUT2D eigenvalue weighted by Gasteiger charge is 2.08. The fraction of sp³-hybridized carbons (Fsp3) is 0.176. The zero-order valence-electron chi connectivity index (χ0n) is 13.1. The maximum atomic E-state index is 12.0. The lowest BCUT2D eigenvalue weighted by Crippen LogP contribution is -2.17. The van der Waals surface area contributed by atoms with Crippen molar-refractivity contribution in [3.63, 3.8) is 0 Å². The number of carbonyl (C=O) groups excluding carboxylic acids is 1. The van der Waals surface area contributed by atoms with Crippen molar-refractivity contribution in [3.8, 4) is 11.5 Å². The normalized spacial score (nSPS) is 10.6. The molecule has 0 saturated heterocycles. The third kappa shape index (κ3) is 4.32. The average Bonchev–Trinajstić information content (AvgIpc) is 2.55. The second-order valence-electron chi connectivity index (χ2n) is 4.79. The molecule has 1 N–H and O–H groups in total. The van der Waals surface area contributed by atoms with Crippen LogP contribution in [0.1, 0.15) is 21.5 Å². The highest BCUT2D eigenvalue weighted by Crippen LogP contribution is 2.31. The number of hydrazone groups is 1. The molecule has 0 aliphatic carbocycles. The number of halogens is 1. The number of hydrogen-bond acceptors (Lipinski definition) is 4. The van der Waals surface area contributed by atoms with E-state index in [1.165, 1.54) is 6.21 Å². The Hall–Kier alpha value is -2.34. The second-order valence-corrected chi connectivity index (χ2v) is 5.65. The van der Waals surface area contributed by atoms with E-state index in [0.29, 0.717) is 22.6 Å². The van der Waals surface area contributed by atoms with Gasteiger partial charge in [0.25, 0.3) is 5.91 Å². The Morgan fingerprint density at radius 3 is 2.39 bits per heavy atom. The Bertz CT molecular complexity index is 727. The number of carbonyl (C=O) groups is 1. The van der Waals surface area contributed by atoms with E-state index in [4.69, 9.17) is 9.47 Å². The highest BCUT2D eigenvalue weighted by molar-refractivity contribution is 9.10. The molecule has 5 nitrogen and oxygen atoms in total. The predicted octanol–water partition coefficient (Wildman–Crippen LogP) is 3.54. The van der Waals surface area contributed by atoms with Crippen LogP contribution in [-0.2, 0) is 0 Å². The van der Waals surface area contributed by atoms with Crippen LogP contribution in [0.3, 0.4) is 0 Å². The van der Waals surface area contributed by atoms with Gasteiger partial charge in [-0.1, -0.05) is 17.7 Å². The van der Waals surface area contributed by atoms with Gasteiger partial charge in [-0.05, 0) is 41.1 Å². The van der Waals surface area contributed by atoms with Crippen LogP contribution in [-0.4, -0.2) is 26.3 Å². The largest absolute Gasteiger partial charge is 0.496 e. The zero-order valence-corrected chi connectivity index (χ0v) is 14.7. The van der Waals surface area contributed by atoms with Crippen LogP contribution >= 0.6 is 15.9 Å². The Morgan fingerprint density at radius 2 is 1.78 bits per heavy atom. The number of ether oxygens (including phenoxy) is 2. The van der Waals surface area contributed by atoms with Crippen molar-refractivity contribution in [1.82, 2.24) is 5.43 Å². The maximum absolute atomic E-state index is 12.0. The van der Waals surface area contributed by atoms with E-state index in [9.17, 15) is 4.79 Å². The van der Waals surface area contributed by atoms with Gasteiger partial charge in [-0.15, -0.1) is 0 Å². The second kappa shape index (κ2) is 7.78. The Morgan fingerprint density at radius 1 is 1.13 bits per heavy atom. The van der Waals surface area contributed by atoms with Gasteiger partial charge in [0, 0.05) is 17.2 Å². The number of hydrogen-bond donors (Lipinski definition) is 1. The SMILES string of the molecule is COc1cc(OC)c(C=NNC(=O)c2ccc(C)cc2)cc1Br. The summed E-state index contributed by atoms with van der Waals surface area (Å²) in [6.45, 7) is 1.97. The highest BCUT2D eigenvalue weighted by atomic mass is 79.9. The summed E-state index contributed by atoms with van der Waals surface area (Å²) in [4.78, 5) is 12.0. The quantitative estimate of drug-likeness (QED) is 0.641. The van der Waals surface area contributed by atoms with Crippen LogP contribution in [0, 0.1) is 6.92 Å². The molecule has 0 aliphatic rings. The summed E-state index contributed by atoms with van der Waals surface area (Å²) in [7, 11) is 3.14. The smallest absolute Gasteiger partial charge is 0.271 e. The Balaban J connectivity index is 2.12. The molecule has 2 aromatic rings. The van der Waals surface area contributed by atoms with Crippen molar-refractivity contribution in [2.24, 2.45) is 5.10 Å². The van der Waals surface area contributed by atoms with Crippen LogP contribution in [0.15, 0.2) is 46.0 Å². The van der Waals surface area contributed by atoms with Gasteiger partial charge in [-0.25, -0.2) is 5.43 Å². The topological polar surface area (TPSA) is 59.9 Å². The van der Waals surface area contributed by atoms with Gasteiger partial charge in [-0.2, -0.15) is 5.10 Å². The van der Waals surface area contributed by atoms with Crippen molar-refractivity contribution in [1.29, 1.82) is 0 Å². The number of amides is 1. The van der Waals surface area contributed by atoms with Gasteiger partial charge in [0.2, 0.25) is 0 Å². The van der Waals surface area contributed by atoms with Crippen molar-refractivity contribution in [2.45, 2.75) is 6.92 Å². The molecule has 0 saturated carbocycles. The Labute approximate surface area is 143 Å². The molecule has 0 aliphatic heterocycles. The van der Waals surface area contributed by atoms with Gasteiger partial charge in [0.1, 0.15) is 11.5 Å². The Kier molecular flexibility index (Phi) is 5.76.